The Bertz CT molecular complexity index is 223. The number of hydrogen-bond donors (Lipinski definition) is 1. The molecule has 1 rings (SSSR count). The van der Waals surface area contributed by atoms with Gasteiger partial charge < -0.3 is 10.5 Å². The van der Waals surface area contributed by atoms with Crippen LogP contribution >= 0.6 is 0 Å². The average Bonchev–Trinajstić information content (AvgIpc) is 2.29. The third-order valence-electron chi connectivity index (χ3n) is 3.47. The molecular weight excluding hydrogens is 222 g/mol. The van der Waals surface area contributed by atoms with Gasteiger partial charge in [-0.1, -0.05) is 19.8 Å². The third kappa shape index (κ3) is 4.15. The van der Waals surface area contributed by atoms with Gasteiger partial charge in [-0.15, -0.1) is 0 Å². The largest absolute Gasteiger partial charge is 0.384 e. The van der Waals surface area contributed by atoms with Crippen molar-refractivity contribution in [2.45, 2.75) is 50.3 Å². The molecule has 0 aromatic heterocycles. The molecule has 0 bridgehead atoms. The maximum Gasteiger partial charge on any atom is 0.0577 e. The van der Waals surface area contributed by atoms with Crippen molar-refractivity contribution in [1.29, 1.82) is 0 Å². The molecule has 1 aliphatic carbocycles. The van der Waals surface area contributed by atoms with Crippen molar-refractivity contribution >= 4 is 10.8 Å². The number of rotatable bonds is 6. The molecule has 0 aromatic carbocycles. The van der Waals surface area contributed by atoms with Crippen LogP contribution in [0.3, 0.4) is 0 Å². The van der Waals surface area contributed by atoms with Crippen LogP contribution in [0.25, 0.3) is 0 Å². The molecule has 0 heterocycles. The van der Waals surface area contributed by atoms with Crippen molar-refractivity contribution in [2.24, 2.45) is 11.7 Å². The lowest BCUT2D eigenvalue weighted by Crippen LogP contribution is -2.44. The first-order valence-corrected chi connectivity index (χ1v) is 7.69. The van der Waals surface area contributed by atoms with Gasteiger partial charge in [0.2, 0.25) is 0 Å². The third-order valence-corrected chi connectivity index (χ3v) is 5.26. The Balaban J connectivity index is 2.45. The zero-order valence-corrected chi connectivity index (χ0v) is 11.3. The molecule has 2 N–H and O–H groups in total. The quantitative estimate of drug-likeness (QED) is 0.777. The monoisotopic (exact) mass is 247 g/mol. The van der Waals surface area contributed by atoms with E-state index in [2.05, 4.69) is 6.92 Å². The van der Waals surface area contributed by atoms with Gasteiger partial charge in [-0.2, -0.15) is 0 Å². The number of ether oxygens (including phenoxy) is 1. The summed E-state index contributed by atoms with van der Waals surface area (Å²) in [6.07, 6.45) is 5.77. The van der Waals surface area contributed by atoms with Crippen LogP contribution in [-0.4, -0.2) is 35.0 Å². The molecule has 4 heteroatoms. The van der Waals surface area contributed by atoms with Crippen LogP contribution in [0.2, 0.25) is 0 Å². The highest BCUT2D eigenvalue weighted by Gasteiger charge is 2.31. The van der Waals surface area contributed by atoms with E-state index < -0.39 is 10.8 Å². The van der Waals surface area contributed by atoms with Crippen LogP contribution in [0.15, 0.2) is 0 Å². The van der Waals surface area contributed by atoms with E-state index in [1.165, 1.54) is 19.3 Å². The molecule has 0 saturated heterocycles. The van der Waals surface area contributed by atoms with Crippen LogP contribution < -0.4 is 5.73 Å². The maximum atomic E-state index is 12.1. The van der Waals surface area contributed by atoms with Crippen molar-refractivity contribution in [3.8, 4) is 0 Å². The number of nitrogens with two attached hydrogens (primary N) is 1. The first kappa shape index (κ1) is 14.1. The maximum absolute atomic E-state index is 12.1. The molecule has 1 fully saturated rings. The second kappa shape index (κ2) is 7.41. The topological polar surface area (TPSA) is 52.3 Å². The first-order valence-electron chi connectivity index (χ1n) is 6.30. The molecule has 0 spiro atoms. The molecule has 0 radical (unpaired) electrons. The lowest BCUT2D eigenvalue weighted by molar-refractivity contribution is 0.217. The molecule has 4 unspecified atom stereocenters. The minimum absolute atomic E-state index is 0.130. The highest BCUT2D eigenvalue weighted by molar-refractivity contribution is 7.85. The fourth-order valence-corrected chi connectivity index (χ4v) is 4.17. The second-order valence-corrected chi connectivity index (χ2v) is 6.52. The fourth-order valence-electron chi connectivity index (χ4n) is 2.52. The molecule has 16 heavy (non-hydrogen) atoms. The van der Waals surface area contributed by atoms with Crippen molar-refractivity contribution in [2.75, 3.05) is 19.5 Å². The molecule has 96 valence electrons. The SMILES string of the molecule is CCCC1CCC(N)C(S(=O)CCOC)C1. The van der Waals surface area contributed by atoms with Crippen LogP contribution in [0.5, 0.6) is 0 Å². The normalized spacial score (nSPS) is 32.6. The van der Waals surface area contributed by atoms with E-state index >= 15 is 0 Å². The van der Waals surface area contributed by atoms with Gasteiger partial charge >= 0.3 is 0 Å². The zero-order valence-electron chi connectivity index (χ0n) is 10.5. The second-order valence-electron chi connectivity index (χ2n) is 4.75. The minimum atomic E-state index is -0.811. The van der Waals surface area contributed by atoms with E-state index in [9.17, 15) is 4.21 Å². The van der Waals surface area contributed by atoms with E-state index in [0.717, 1.165) is 18.8 Å². The van der Waals surface area contributed by atoms with Gasteiger partial charge in [-0.3, -0.25) is 4.21 Å². The van der Waals surface area contributed by atoms with Crippen molar-refractivity contribution in [3.63, 3.8) is 0 Å². The molecular formula is C12H25NO2S. The summed E-state index contributed by atoms with van der Waals surface area (Å²) in [4.78, 5) is 0. The Morgan fingerprint density at radius 2 is 2.19 bits per heavy atom. The lowest BCUT2D eigenvalue weighted by Gasteiger charge is -2.33. The van der Waals surface area contributed by atoms with E-state index in [0.29, 0.717) is 12.4 Å². The van der Waals surface area contributed by atoms with E-state index in [-0.39, 0.29) is 11.3 Å². The molecule has 0 amide bonds. The average molecular weight is 247 g/mol. The van der Waals surface area contributed by atoms with Gasteiger partial charge in [0.15, 0.2) is 0 Å². The van der Waals surface area contributed by atoms with Gasteiger partial charge in [0.05, 0.1) is 11.9 Å². The Hall–Kier alpha value is 0.0700. The standard InChI is InChI=1S/C12H25NO2S/c1-3-4-10-5-6-11(13)12(9-10)16(14)8-7-15-2/h10-12H,3-9,13H2,1-2H3. The van der Waals surface area contributed by atoms with Crippen LogP contribution in [0.4, 0.5) is 0 Å². The first-order chi connectivity index (χ1) is 7.69. The van der Waals surface area contributed by atoms with Crippen LogP contribution in [0, 0.1) is 5.92 Å². The Morgan fingerprint density at radius 1 is 1.44 bits per heavy atom. The summed E-state index contributed by atoms with van der Waals surface area (Å²) in [5, 5.41) is 0.195. The van der Waals surface area contributed by atoms with Crippen molar-refractivity contribution in [1.82, 2.24) is 0 Å². The predicted octanol–water partition coefficient (Wildman–Crippen LogP) is 1.68. The van der Waals surface area contributed by atoms with Gasteiger partial charge in [-0.25, -0.2) is 0 Å². The van der Waals surface area contributed by atoms with Gasteiger partial charge in [0, 0.05) is 29.7 Å². The van der Waals surface area contributed by atoms with Gasteiger partial charge in [0.1, 0.15) is 0 Å². The smallest absolute Gasteiger partial charge is 0.0577 e. The highest BCUT2D eigenvalue weighted by Crippen LogP contribution is 2.30. The molecule has 1 saturated carbocycles. The van der Waals surface area contributed by atoms with E-state index in [4.69, 9.17) is 10.5 Å². The summed E-state index contributed by atoms with van der Waals surface area (Å²) in [6.45, 7) is 2.79. The summed E-state index contributed by atoms with van der Waals surface area (Å²) in [6, 6.07) is 0.130. The van der Waals surface area contributed by atoms with E-state index in [1.54, 1.807) is 7.11 Å². The summed E-state index contributed by atoms with van der Waals surface area (Å²) in [5.41, 5.74) is 6.08. The lowest BCUT2D eigenvalue weighted by atomic mass is 9.83. The Labute approximate surface area is 102 Å². The fraction of sp³-hybridized carbons (Fsp3) is 1.00. The summed E-state index contributed by atoms with van der Waals surface area (Å²) >= 11 is 0. The molecule has 1 aliphatic rings. The molecule has 0 aromatic rings. The molecule has 4 atom stereocenters. The summed E-state index contributed by atoms with van der Waals surface area (Å²) < 4.78 is 17.0. The Kier molecular flexibility index (Phi) is 6.54. The summed E-state index contributed by atoms with van der Waals surface area (Å²) in [7, 11) is 0.840. The Morgan fingerprint density at radius 3 is 2.81 bits per heavy atom. The van der Waals surface area contributed by atoms with Gasteiger partial charge in [-0.05, 0) is 25.2 Å². The number of hydrogen-bond acceptors (Lipinski definition) is 3. The van der Waals surface area contributed by atoms with Crippen LogP contribution in [0.1, 0.15) is 39.0 Å². The minimum Gasteiger partial charge on any atom is -0.384 e. The van der Waals surface area contributed by atoms with Crippen molar-refractivity contribution in [3.05, 3.63) is 0 Å². The van der Waals surface area contributed by atoms with Crippen molar-refractivity contribution < 1.29 is 8.95 Å². The van der Waals surface area contributed by atoms with Crippen LogP contribution in [-0.2, 0) is 15.5 Å². The zero-order chi connectivity index (χ0) is 12.0. The molecule has 0 aliphatic heterocycles. The number of methoxy groups -OCH3 is 1. The van der Waals surface area contributed by atoms with E-state index in [1.807, 2.05) is 0 Å². The highest BCUT2D eigenvalue weighted by atomic mass is 32.2. The summed E-state index contributed by atoms with van der Waals surface area (Å²) in [5.74, 6) is 1.37. The van der Waals surface area contributed by atoms with Gasteiger partial charge in [0.25, 0.3) is 0 Å². The molecule has 3 nitrogen and oxygen atoms in total. The predicted molar refractivity (Wildman–Crippen MR) is 68.9 cm³/mol.